The average molecular weight is 519 g/mol. The van der Waals surface area contributed by atoms with E-state index in [1.807, 2.05) is 11.0 Å². The Morgan fingerprint density at radius 2 is 1.84 bits per heavy atom. The number of carbonyl (C=O) groups excluding carboxylic acids is 2. The van der Waals surface area contributed by atoms with Crippen molar-refractivity contribution in [3.8, 4) is 11.5 Å². The molecule has 37 heavy (non-hydrogen) atoms. The fraction of sp³-hybridized carbons (Fsp3) is 0.393. The number of benzene rings is 2. The minimum absolute atomic E-state index is 0.164. The summed E-state index contributed by atoms with van der Waals surface area (Å²) in [6, 6.07) is 15.7. The fourth-order valence-electron chi connectivity index (χ4n) is 5.26. The van der Waals surface area contributed by atoms with Crippen molar-refractivity contribution >= 4 is 28.3 Å². The lowest BCUT2D eigenvalue weighted by Gasteiger charge is -2.37. The van der Waals surface area contributed by atoms with Crippen LogP contribution in [-0.4, -0.2) is 66.1 Å². The Hall–Kier alpha value is -3.43. The second-order valence-electron chi connectivity index (χ2n) is 9.70. The zero-order valence-electron chi connectivity index (χ0n) is 20.7. The highest BCUT2D eigenvalue weighted by Gasteiger charge is 2.34. The minimum atomic E-state index is -0.251. The summed E-state index contributed by atoms with van der Waals surface area (Å²) in [5.41, 5.74) is 2.67. The predicted octanol–water partition coefficient (Wildman–Crippen LogP) is 3.93. The third-order valence-corrected chi connectivity index (χ3v) is 8.40. The predicted molar refractivity (Wildman–Crippen MR) is 141 cm³/mol. The molecule has 2 amide bonds. The van der Waals surface area contributed by atoms with Gasteiger partial charge < -0.3 is 14.4 Å². The Kier molecular flexibility index (Phi) is 6.80. The zero-order valence-corrected chi connectivity index (χ0v) is 21.5. The molecule has 1 fully saturated rings. The molecule has 1 saturated heterocycles. The summed E-state index contributed by atoms with van der Waals surface area (Å²) < 4.78 is 10.7. The van der Waals surface area contributed by atoms with Gasteiger partial charge in [-0.3, -0.25) is 19.8 Å². The average Bonchev–Trinajstić information content (AvgIpc) is 3.58. The van der Waals surface area contributed by atoms with E-state index < -0.39 is 0 Å². The first kappa shape index (κ1) is 23.9. The van der Waals surface area contributed by atoms with E-state index in [0.29, 0.717) is 22.2 Å². The number of aromatic nitrogens is 1. The SMILES string of the molecule is O=C(Nc1nc2c(s1)CCCC2C(=O)N1CCN(CCc2ccccc2)CC1)c1ccc2c(c1)OCO2. The third kappa shape index (κ3) is 5.19. The molecule has 1 aromatic heterocycles. The van der Waals surface area contributed by atoms with Gasteiger partial charge in [-0.1, -0.05) is 30.3 Å². The van der Waals surface area contributed by atoms with Crippen LogP contribution in [0.1, 0.15) is 45.3 Å². The third-order valence-electron chi connectivity index (χ3n) is 7.35. The van der Waals surface area contributed by atoms with E-state index >= 15 is 0 Å². The summed E-state index contributed by atoms with van der Waals surface area (Å²) in [7, 11) is 0. The summed E-state index contributed by atoms with van der Waals surface area (Å²) >= 11 is 1.48. The Morgan fingerprint density at radius 3 is 2.68 bits per heavy atom. The van der Waals surface area contributed by atoms with Gasteiger partial charge in [0.25, 0.3) is 5.91 Å². The molecule has 3 aliphatic rings. The highest BCUT2D eigenvalue weighted by Crippen LogP contribution is 2.38. The van der Waals surface area contributed by atoms with E-state index in [9.17, 15) is 9.59 Å². The maximum absolute atomic E-state index is 13.5. The van der Waals surface area contributed by atoms with Crippen LogP contribution in [0.3, 0.4) is 0 Å². The molecule has 1 unspecified atom stereocenters. The summed E-state index contributed by atoms with van der Waals surface area (Å²) in [4.78, 5) is 36.6. The first-order valence-corrected chi connectivity index (χ1v) is 13.7. The largest absolute Gasteiger partial charge is 0.454 e. The molecule has 8 nitrogen and oxygen atoms in total. The molecule has 6 rings (SSSR count). The van der Waals surface area contributed by atoms with Gasteiger partial charge in [-0.05, 0) is 49.4 Å². The van der Waals surface area contributed by atoms with Gasteiger partial charge in [0.2, 0.25) is 12.7 Å². The van der Waals surface area contributed by atoms with Crippen LogP contribution in [0.15, 0.2) is 48.5 Å². The number of ether oxygens (including phenoxy) is 2. The number of amides is 2. The first-order chi connectivity index (χ1) is 18.1. The number of carbonyl (C=O) groups is 2. The summed E-state index contributed by atoms with van der Waals surface area (Å²) in [5.74, 6) is 0.894. The molecule has 2 aliphatic heterocycles. The van der Waals surface area contributed by atoms with E-state index in [0.717, 1.165) is 69.0 Å². The highest BCUT2D eigenvalue weighted by atomic mass is 32.1. The molecule has 0 saturated carbocycles. The topological polar surface area (TPSA) is 84.0 Å². The number of anilines is 1. The number of piperazine rings is 1. The monoisotopic (exact) mass is 518 g/mol. The molecule has 0 radical (unpaired) electrons. The number of nitrogens with zero attached hydrogens (tertiary/aromatic N) is 3. The first-order valence-electron chi connectivity index (χ1n) is 12.9. The molecule has 1 aliphatic carbocycles. The number of hydrogen-bond donors (Lipinski definition) is 1. The van der Waals surface area contributed by atoms with Gasteiger partial charge in [0.1, 0.15) is 0 Å². The molecule has 0 bridgehead atoms. The summed E-state index contributed by atoms with van der Waals surface area (Å²) in [6.07, 6.45) is 3.68. The van der Waals surface area contributed by atoms with Crippen molar-refractivity contribution in [1.29, 1.82) is 0 Å². The maximum Gasteiger partial charge on any atom is 0.257 e. The van der Waals surface area contributed by atoms with Gasteiger partial charge in [-0.25, -0.2) is 4.98 Å². The van der Waals surface area contributed by atoms with Crippen molar-refractivity contribution in [1.82, 2.24) is 14.8 Å². The molecule has 1 atom stereocenters. The molecule has 2 aromatic carbocycles. The summed E-state index contributed by atoms with van der Waals surface area (Å²) in [5, 5.41) is 3.46. The van der Waals surface area contributed by atoms with Crippen molar-refractivity contribution in [2.75, 3.05) is 44.8 Å². The summed E-state index contributed by atoms with van der Waals surface area (Å²) in [6.45, 7) is 4.46. The standard InChI is InChI=1S/C28H30N4O4S/c33-26(20-9-10-22-23(17-20)36-18-35-22)30-28-29-25-21(7-4-8-24(25)37-28)27(34)32-15-13-31(14-16-32)12-11-19-5-2-1-3-6-19/h1-3,5-6,9-10,17,21H,4,7-8,11-16,18H2,(H,29,30,33). The maximum atomic E-state index is 13.5. The van der Waals surface area contributed by atoms with E-state index in [2.05, 4.69) is 34.5 Å². The van der Waals surface area contributed by atoms with Crippen LogP contribution < -0.4 is 14.8 Å². The number of nitrogens with one attached hydrogen (secondary N) is 1. The molecule has 3 aromatic rings. The van der Waals surface area contributed by atoms with E-state index in [1.165, 1.54) is 16.9 Å². The Labute approximate surface area is 220 Å². The fourth-order valence-corrected chi connectivity index (χ4v) is 6.32. The van der Waals surface area contributed by atoms with Crippen LogP contribution in [0.4, 0.5) is 5.13 Å². The molecule has 192 valence electrons. The number of rotatable bonds is 6. The van der Waals surface area contributed by atoms with Crippen molar-refractivity contribution in [2.45, 2.75) is 31.6 Å². The lowest BCUT2D eigenvalue weighted by atomic mass is 9.89. The van der Waals surface area contributed by atoms with Crippen molar-refractivity contribution in [3.63, 3.8) is 0 Å². The van der Waals surface area contributed by atoms with Gasteiger partial charge in [0, 0.05) is 43.2 Å². The lowest BCUT2D eigenvalue weighted by Crippen LogP contribution is -2.50. The van der Waals surface area contributed by atoms with Gasteiger partial charge in [-0.2, -0.15) is 0 Å². The zero-order chi connectivity index (χ0) is 25.2. The van der Waals surface area contributed by atoms with E-state index in [4.69, 9.17) is 14.5 Å². The normalized spacial score (nSPS) is 18.9. The van der Waals surface area contributed by atoms with Crippen molar-refractivity contribution < 1.29 is 19.1 Å². The van der Waals surface area contributed by atoms with Crippen LogP contribution in [0.5, 0.6) is 11.5 Å². The molecule has 1 N–H and O–H groups in total. The van der Waals surface area contributed by atoms with Crippen LogP contribution in [0, 0.1) is 0 Å². The molecular formula is C28H30N4O4S. The van der Waals surface area contributed by atoms with E-state index in [1.54, 1.807) is 18.2 Å². The lowest BCUT2D eigenvalue weighted by molar-refractivity contribution is -0.135. The second kappa shape index (κ2) is 10.5. The smallest absolute Gasteiger partial charge is 0.257 e. The van der Waals surface area contributed by atoms with E-state index in [-0.39, 0.29) is 24.5 Å². The Bertz CT molecular complexity index is 1290. The van der Waals surface area contributed by atoms with Gasteiger partial charge >= 0.3 is 0 Å². The van der Waals surface area contributed by atoms with Crippen LogP contribution in [-0.2, 0) is 17.6 Å². The molecule has 9 heteroatoms. The van der Waals surface area contributed by atoms with Gasteiger partial charge in [-0.15, -0.1) is 11.3 Å². The molecule has 0 spiro atoms. The van der Waals surface area contributed by atoms with Gasteiger partial charge in [0.15, 0.2) is 16.6 Å². The minimum Gasteiger partial charge on any atom is -0.454 e. The second-order valence-corrected chi connectivity index (χ2v) is 10.8. The van der Waals surface area contributed by atoms with Crippen LogP contribution in [0.2, 0.25) is 0 Å². The molecule has 3 heterocycles. The molecular weight excluding hydrogens is 488 g/mol. The van der Waals surface area contributed by atoms with Crippen LogP contribution in [0.25, 0.3) is 0 Å². The van der Waals surface area contributed by atoms with Crippen molar-refractivity contribution in [3.05, 3.63) is 70.2 Å². The number of fused-ring (bicyclic) bond motifs is 2. The van der Waals surface area contributed by atoms with Gasteiger partial charge in [0.05, 0.1) is 11.6 Å². The number of hydrogen-bond acceptors (Lipinski definition) is 7. The van der Waals surface area contributed by atoms with Crippen molar-refractivity contribution in [2.24, 2.45) is 0 Å². The Morgan fingerprint density at radius 1 is 1.03 bits per heavy atom. The van der Waals surface area contributed by atoms with Crippen LogP contribution >= 0.6 is 11.3 Å². The number of thiazole rings is 1. The highest BCUT2D eigenvalue weighted by molar-refractivity contribution is 7.16. The Balaban J connectivity index is 1.07. The quantitative estimate of drug-likeness (QED) is 0.532. The number of aryl methyl sites for hydroxylation is 1.